The molecule has 1 unspecified atom stereocenters. The lowest BCUT2D eigenvalue weighted by Gasteiger charge is -2.27. The van der Waals surface area contributed by atoms with Crippen LogP contribution in [0.2, 0.25) is 10.0 Å². The van der Waals surface area contributed by atoms with E-state index < -0.39 is 23.5 Å². The molecule has 2 aromatic rings. The summed E-state index contributed by atoms with van der Waals surface area (Å²) in [6, 6.07) is 8.06. The Balaban J connectivity index is 2.29. The van der Waals surface area contributed by atoms with Gasteiger partial charge < -0.3 is 24.4 Å². The Kier molecular flexibility index (Phi) is 7.57. The first kappa shape index (κ1) is 24.9. The zero-order valence-corrected chi connectivity index (χ0v) is 20.6. The second-order valence-electron chi connectivity index (χ2n) is 7.94. The lowest BCUT2D eigenvalue weighted by Crippen LogP contribution is -2.35. The highest BCUT2D eigenvalue weighted by Gasteiger charge is 2.46. The molecule has 1 atom stereocenters. The Bertz CT molecular complexity index is 1130. The quantitative estimate of drug-likeness (QED) is 0.352. The van der Waals surface area contributed by atoms with Crippen molar-refractivity contribution in [2.24, 2.45) is 0 Å². The van der Waals surface area contributed by atoms with Crippen molar-refractivity contribution in [1.29, 1.82) is 0 Å². The van der Waals surface area contributed by atoms with E-state index in [2.05, 4.69) is 0 Å². The highest BCUT2D eigenvalue weighted by atomic mass is 35.5. The van der Waals surface area contributed by atoms with Crippen LogP contribution < -0.4 is 9.47 Å². The third-order valence-electron chi connectivity index (χ3n) is 5.61. The van der Waals surface area contributed by atoms with Gasteiger partial charge in [-0.25, -0.2) is 0 Å². The number of halogens is 2. The molecule has 0 radical (unpaired) electrons. The van der Waals surface area contributed by atoms with E-state index in [-0.39, 0.29) is 32.7 Å². The summed E-state index contributed by atoms with van der Waals surface area (Å²) < 4.78 is 10.6. The van der Waals surface area contributed by atoms with Crippen LogP contribution in [0.25, 0.3) is 5.76 Å². The maximum absolute atomic E-state index is 13.2. The van der Waals surface area contributed by atoms with Crippen LogP contribution in [0.1, 0.15) is 22.7 Å². The predicted molar refractivity (Wildman–Crippen MR) is 128 cm³/mol. The van der Waals surface area contributed by atoms with Gasteiger partial charge in [0.1, 0.15) is 10.8 Å². The maximum Gasteiger partial charge on any atom is 0.295 e. The number of carbonyl (C=O) groups excluding carboxylic acids is 2. The Labute approximate surface area is 203 Å². The van der Waals surface area contributed by atoms with Gasteiger partial charge in [-0.3, -0.25) is 9.59 Å². The highest BCUT2D eigenvalue weighted by molar-refractivity contribution is 6.47. The third kappa shape index (κ3) is 4.53. The molecule has 0 aliphatic carbocycles. The van der Waals surface area contributed by atoms with Crippen molar-refractivity contribution in [3.8, 4) is 11.5 Å². The lowest BCUT2D eigenvalue weighted by atomic mass is 9.92. The summed E-state index contributed by atoms with van der Waals surface area (Å²) in [7, 11) is 6.54. The summed E-state index contributed by atoms with van der Waals surface area (Å²) >= 11 is 12.7. The Morgan fingerprint density at radius 3 is 2.33 bits per heavy atom. The van der Waals surface area contributed by atoms with E-state index in [1.54, 1.807) is 0 Å². The van der Waals surface area contributed by atoms with Gasteiger partial charge in [0.05, 0.1) is 36.4 Å². The van der Waals surface area contributed by atoms with E-state index in [0.29, 0.717) is 13.1 Å². The number of carbonyl (C=O) groups is 2. The number of hydrogen-bond donors (Lipinski definition) is 1. The molecule has 0 saturated carbocycles. The molecule has 7 nitrogen and oxygen atoms in total. The number of aliphatic hydroxyl groups excluding tert-OH is 1. The molecular formula is C24H26Cl2N2O5. The summed E-state index contributed by atoms with van der Waals surface area (Å²) in [6.07, 6.45) is 0. The SMILES string of the molecule is COc1c(Cl)cc(/C(O)=C2\C(=O)C(=O)N(CCN(C)C)C2c2ccccc2C)c(OC)c1Cl. The number of methoxy groups -OCH3 is 2. The summed E-state index contributed by atoms with van der Waals surface area (Å²) in [5.74, 6) is -1.63. The van der Waals surface area contributed by atoms with Crippen molar-refractivity contribution in [2.45, 2.75) is 13.0 Å². The van der Waals surface area contributed by atoms with Crippen molar-refractivity contribution in [1.82, 2.24) is 9.80 Å². The molecule has 0 aromatic heterocycles. The number of benzene rings is 2. The molecule has 1 N–H and O–H groups in total. The Hall–Kier alpha value is -2.74. The average Bonchev–Trinajstić information content (AvgIpc) is 3.02. The fourth-order valence-electron chi connectivity index (χ4n) is 3.93. The molecule has 176 valence electrons. The first-order chi connectivity index (χ1) is 15.6. The monoisotopic (exact) mass is 492 g/mol. The zero-order valence-electron chi connectivity index (χ0n) is 19.1. The molecule has 0 bridgehead atoms. The third-order valence-corrected chi connectivity index (χ3v) is 6.23. The van der Waals surface area contributed by atoms with E-state index in [4.69, 9.17) is 32.7 Å². The Morgan fingerprint density at radius 2 is 1.76 bits per heavy atom. The van der Waals surface area contributed by atoms with Crippen LogP contribution in [-0.2, 0) is 9.59 Å². The molecule has 0 spiro atoms. The molecule has 33 heavy (non-hydrogen) atoms. The van der Waals surface area contributed by atoms with Gasteiger partial charge in [0.25, 0.3) is 11.7 Å². The number of likely N-dealkylation sites (tertiary alicyclic amines) is 1. The standard InChI is InChI=1S/C24H26Cl2N2O5/c1-13-8-6-7-9-14(13)19-17(21(30)24(31)28(19)11-10-27(2)3)20(29)15-12-16(25)23(33-5)18(26)22(15)32-4/h6-9,12,19,29H,10-11H2,1-5H3/b20-17+. The number of likely N-dealkylation sites (N-methyl/N-ethyl adjacent to an activating group) is 1. The number of amides is 1. The molecule has 3 rings (SSSR count). The van der Waals surface area contributed by atoms with E-state index in [1.165, 1.54) is 25.2 Å². The van der Waals surface area contributed by atoms with Crippen molar-refractivity contribution in [2.75, 3.05) is 41.4 Å². The first-order valence-electron chi connectivity index (χ1n) is 10.2. The molecule has 1 aliphatic heterocycles. The fourth-order valence-corrected chi connectivity index (χ4v) is 4.61. The number of nitrogens with zero attached hydrogens (tertiary/aromatic N) is 2. The summed E-state index contributed by atoms with van der Waals surface area (Å²) in [4.78, 5) is 29.7. The second kappa shape index (κ2) is 10.0. The van der Waals surface area contributed by atoms with Crippen molar-refractivity contribution >= 4 is 40.7 Å². The number of Topliss-reactive ketones (excluding diaryl/α,β-unsaturated/α-hetero) is 1. The van der Waals surface area contributed by atoms with Crippen LogP contribution >= 0.6 is 23.2 Å². The van der Waals surface area contributed by atoms with Gasteiger partial charge in [0.2, 0.25) is 0 Å². The molecule has 2 aromatic carbocycles. The summed E-state index contributed by atoms with van der Waals surface area (Å²) in [6.45, 7) is 2.73. The molecule has 9 heteroatoms. The van der Waals surface area contributed by atoms with Crippen molar-refractivity contribution < 1.29 is 24.2 Å². The largest absolute Gasteiger partial charge is 0.507 e. The number of aryl methyl sites for hydroxylation is 1. The van der Waals surface area contributed by atoms with Crippen LogP contribution in [0.15, 0.2) is 35.9 Å². The van der Waals surface area contributed by atoms with Gasteiger partial charge in [-0.2, -0.15) is 0 Å². The number of ketones is 1. The molecule has 1 fully saturated rings. The topological polar surface area (TPSA) is 79.3 Å². The molecule has 1 saturated heterocycles. The summed E-state index contributed by atoms with van der Waals surface area (Å²) in [5.41, 5.74) is 1.66. The van der Waals surface area contributed by atoms with E-state index in [9.17, 15) is 14.7 Å². The molecule has 1 heterocycles. The normalized spacial score (nSPS) is 17.7. The molecule has 1 aliphatic rings. The minimum atomic E-state index is -0.787. The van der Waals surface area contributed by atoms with E-state index in [1.807, 2.05) is 50.2 Å². The minimum absolute atomic E-state index is 0.0447. The average molecular weight is 493 g/mol. The number of rotatable bonds is 7. The number of aliphatic hydroxyl groups is 1. The van der Waals surface area contributed by atoms with Gasteiger partial charge in [-0.15, -0.1) is 0 Å². The lowest BCUT2D eigenvalue weighted by molar-refractivity contribution is -0.140. The van der Waals surface area contributed by atoms with Crippen molar-refractivity contribution in [3.63, 3.8) is 0 Å². The van der Waals surface area contributed by atoms with E-state index >= 15 is 0 Å². The van der Waals surface area contributed by atoms with Crippen LogP contribution in [0.5, 0.6) is 11.5 Å². The van der Waals surface area contributed by atoms with Gasteiger partial charge in [0, 0.05) is 13.1 Å². The zero-order chi connectivity index (χ0) is 24.4. The first-order valence-corrected chi connectivity index (χ1v) is 11.0. The fraction of sp³-hybridized carbons (Fsp3) is 0.333. The van der Waals surface area contributed by atoms with Gasteiger partial charge in [-0.1, -0.05) is 47.5 Å². The van der Waals surface area contributed by atoms with E-state index in [0.717, 1.165) is 11.1 Å². The van der Waals surface area contributed by atoms with Crippen LogP contribution in [0.3, 0.4) is 0 Å². The highest BCUT2D eigenvalue weighted by Crippen LogP contribution is 2.47. The van der Waals surface area contributed by atoms with Crippen LogP contribution in [0.4, 0.5) is 0 Å². The molecule has 1 amide bonds. The smallest absolute Gasteiger partial charge is 0.295 e. The van der Waals surface area contributed by atoms with Gasteiger partial charge in [-0.05, 0) is 38.2 Å². The second-order valence-corrected chi connectivity index (χ2v) is 8.72. The summed E-state index contributed by atoms with van der Waals surface area (Å²) in [5, 5.41) is 11.6. The minimum Gasteiger partial charge on any atom is -0.507 e. The molecular weight excluding hydrogens is 467 g/mol. The number of hydrogen-bond acceptors (Lipinski definition) is 6. The van der Waals surface area contributed by atoms with Crippen LogP contribution in [-0.4, -0.2) is 68.0 Å². The van der Waals surface area contributed by atoms with Crippen molar-refractivity contribution in [3.05, 3.63) is 62.6 Å². The predicted octanol–water partition coefficient (Wildman–Crippen LogP) is 4.30. The number of ether oxygens (including phenoxy) is 2. The Morgan fingerprint density at radius 1 is 1.12 bits per heavy atom. The van der Waals surface area contributed by atoms with Gasteiger partial charge in [0.15, 0.2) is 11.5 Å². The maximum atomic E-state index is 13.2. The van der Waals surface area contributed by atoms with Gasteiger partial charge >= 0.3 is 0 Å². The van der Waals surface area contributed by atoms with Crippen LogP contribution in [0, 0.1) is 6.92 Å².